The largest absolute Gasteiger partial charge is 0.494 e. The summed E-state index contributed by atoms with van der Waals surface area (Å²) in [6, 6.07) is 11.3. The molecule has 2 aromatic carbocycles. The Morgan fingerprint density at radius 1 is 1.24 bits per heavy atom. The van der Waals surface area contributed by atoms with E-state index in [4.69, 9.17) is 14.5 Å². The van der Waals surface area contributed by atoms with Gasteiger partial charge >= 0.3 is 0 Å². The smallest absolute Gasteiger partial charge is 0.223 e. The highest BCUT2D eigenvalue weighted by atomic mass is 19.1. The summed E-state index contributed by atoms with van der Waals surface area (Å²) in [5.74, 6) is 5.65. The Kier molecular flexibility index (Phi) is 6.86. The Balaban J connectivity index is 1.54. The minimum absolute atomic E-state index is 0.0493. The molecule has 0 bridgehead atoms. The number of halogens is 1. The molecule has 5 rings (SSSR count). The van der Waals surface area contributed by atoms with Gasteiger partial charge in [-0.1, -0.05) is 12.0 Å². The number of carbonyl (C=O) groups is 1. The lowest BCUT2D eigenvalue weighted by Gasteiger charge is -2.15. The zero-order chi connectivity index (χ0) is 25.9. The van der Waals surface area contributed by atoms with Gasteiger partial charge in [0.15, 0.2) is 11.5 Å². The Hall–Kier alpha value is -4.26. The minimum atomic E-state index is -0.584. The molecule has 2 aromatic heterocycles. The summed E-state index contributed by atoms with van der Waals surface area (Å²) in [5, 5.41) is 13.3. The van der Waals surface area contributed by atoms with Crippen LogP contribution in [0.15, 0.2) is 54.9 Å². The maximum absolute atomic E-state index is 14.5. The summed E-state index contributed by atoms with van der Waals surface area (Å²) in [5.41, 5.74) is 2.50. The summed E-state index contributed by atoms with van der Waals surface area (Å²) < 4.78 is 27.2. The molecule has 0 aliphatic carbocycles. The van der Waals surface area contributed by atoms with E-state index in [1.165, 1.54) is 19.2 Å². The first-order chi connectivity index (χ1) is 18.0. The lowest BCUT2D eigenvalue weighted by atomic mass is 9.96. The molecule has 1 unspecified atom stereocenters. The number of fused-ring (bicyclic) bond motifs is 1. The van der Waals surface area contributed by atoms with Gasteiger partial charge in [0.1, 0.15) is 11.6 Å². The molecule has 37 heavy (non-hydrogen) atoms. The number of aliphatic hydroxyl groups is 1. The second-order valence-corrected chi connectivity index (χ2v) is 8.53. The van der Waals surface area contributed by atoms with E-state index < -0.39 is 11.9 Å². The predicted molar refractivity (Wildman–Crippen MR) is 135 cm³/mol. The van der Waals surface area contributed by atoms with E-state index >= 15 is 0 Å². The van der Waals surface area contributed by atoms with E-state index in [0.29, 0.717) is 35.0 Å². The predicted octanol–water partition coefficient (Wildman–Crippen LogP) is 3.87. The highest BCUT2D eigenvalue weighted by Gasteiger charge is 2.36. The molecule has 8 nitrogen and oxygen atoms in total. The van der Waals surface area contributed by atoms with E-state index in [9.17, 15) is 14.3 Å². The Morgan fingerprint density at radius 3 is 2.76 bits per heavy atom. The van der Waals surface area contributed by atoms with Crippen molar-refractivity contribution in [1.82, 2.24) is 19.7 Å². The first kappa shape index (κ1) is 24.4. The van der Waals surface area contributed by atoms with Gasteiger partial charge in [0.25, 0.3) is 0 Å². The number of carbonyl (C=O) groups excluding carboxylic acids is 1. The van der Waals surface area contributed by atoms with Crippen LogP contribution in [0.25, 0.3) is 16.8 Å². The van der Waals surface area contributed by atoms with Gasteiger partial charge in [-0.15, -0.1) is 0 Å². The number of ketones is 1. The van der Waals surface area contributed by atoms with E-state index in [2.05, 4.69) is 22.1 Å². The Bertz CT molecular complexity index is 1520. The van der Waals surface area contributed by atoms with Crippen LogP contribution < -0.4 is 14.8 Å². The third-order valence-electron chi connectivity index (χ3n) is 6.40. The molecule has 1 aliphatic heterocycles. The quantitative estimate of drug-likeness (QED) is 0.294. The average molecular weight is 501 g/mol. The summed E-state index contributed by atoms with van der Waals surface area (Å²) in [6.45, 7) is 2.03. The van der Waals surface area contributed by atoms with Crippen LogP contribution in [0.3, 0.4) is 0 Å². The third-order valence-corrected chi connectivity index (χ3v) is 6.40. The van der Waals surface area contributed by atoms with Crippen molar-refractivity contribution >= 4 is 11.3 Å². The number of hydrogen-bond acceptors (Lipinski definition) is 7. The van der Waals surface area contributed by atoms with Crippen LogP contribution in [0.5, 0.6) is 17.2 Å². The zero-order valence-corrected chi connectivity index (χ0v) is 20.4. The Morgan fingerprint density at radius 2 is 2.03 bits per heavy atom. The molecule has 0 amide bonds. The van der Waals surface area contributed by atoms with Gasteiger partial charge < -0.3 is 19.9 Å². The van der Waals surface area contributed by atoms with E-state index in [1.807, 2.05) is 16.5 Å². The minimum Gasteiger partial charge on any atom is -0.494 e. The number of benzene rings is 2. The zero-order valence-electron chi connectivity index (χ0n) is 20.4. The van der Waals surface area contributed by atoms with Crippen molar-refractivity contribution in [2.24, 2.45) is 0 Å². The first-order valence-electron chi connectivity index (χ1n) is 11.8. The fourth-order valence-corrected chi connectivity index (χ4v) is 4.70. The second kappa shape index (κ2) is 10.4. The molecule has 1 fully saturated rings. The fraction of sp³-hybridized carbons (Fsp3) is 0.250. The van der Waals surface area contributed by atoms with Crippen LogP contribution in [0.4, 0.5) is 4.39 Å². The molecule has 2 N–H and O–H groups in total. The number of imidazole rings is 1. The van der Waals surface area contributed by atoms with Crippen LogP contribution in [-0.2, 0) is 11.4 Å². The molecule has 2 atom stereocenters. The van der Waals surface area contributed by atoms with E-state index in [0.717, 1.165) is 12.0 Å². The van der Waals surface area contributed by atoms with Gasteiger partial charge in [-0.05, 0) is 62.2 Å². The number of aromatic nitrogens is 3. The number of nitrogens with one attached hydrogen (secondary N) is 1. The number of nitrogens with zero attached hydrogens (tertiary/aromatic N) is 3. The van der Waals surface area contributed by atoms with Gasteiger partial charge in [-0.25, -0.2) is 4.98 Å². The van der Waals surface area contributed by atoms with Gasteiger partial charge in [-0.3, -0.25) is 14.2 Å². The lowest BCUT2D eigenvalue weighted by molar-refractivity contribution is -0.115. The first-order valence-corrected chi connectivity index (χ1v) is 11.8. The Labute approximate surface area is 213 Å². The molecule has 1 saturated heterocycles. The van der Waals surface area contributed by atoms with Gasteiger partial charge in [0.05, 0.1) is 36.7 Å². The highest BCUT2D eigenvalue weighted by molar-refractivity contribution is 6.00. The van der Waals surface area contributed by atoms with Crippen molar-refractivity contribution in [3.8, 4) is 40.3 Å². The summed E-state index contributed by atoms with van der Waals surface area (Å²) >= 11 is 0. The monoisotopic (exact) mass is 500 g/mol. The average Bonchev–Trinajstić information content (AvgIpc) is 3.55. The van der Waals surface area contributed by atoms with Crippen molar-refractivity contribution in [2.75, 3.05) is 13.7 Å². The molecule has 0 spiro atoms. The van der Waals surface area contributed by atoms with Crippen molar-refractivity contribution in [3.05, 3.63) is 72.2 Å². The van der Waals surface area contributed by atoms with Crippen LogP contribution >= 0.6 is 0 Å². The van der Waals surface area contributed by atoms with Gasteiger partial charge in [0.2, 0.25) is 11.6 Å². The normalized spacial score (nSPS) is 16.9. The number of aliphatic hydroxyl groups excluding tert-OH is 1. The van der Waals surface area contributed by atoms with Crippen molar-refractivity contribution in [3.63, 3.8) is 0 Å². The summed E-state index contributed by atoms with van der Waals surface area (Å²) in [7, 11) is 1.40. The van der Waals surface area contributed by atoms with Gasteiger partial charge in [0, 0.05) is 23.9 Å². The number of methoxy groups -OCH3 is 1. The fourth-order valence-electron chi connectivity index (χ4n) is 4.70. The van der Waals surface area contributed by atoms with Crippen LogP contribution in [0.1, 0.15) is 30.8 Å². The van der Waals surface area contributed by atoms with Crippen molar-refractivity contribution < 1.29 is 23.8 Å². The van der Waals surface area contributed by atoms with Crippen molar-refractivity contribution in [1.29, 1.82) is 0 Å². The molecule has 0 saturated carbocycles. The highest BCUT2D eigenvalue weighted by Crippen LogP contribution is 2.36. The molecular formula is C28H25FN4O4. The number of ether oxygens (including phenoxy) is 2. The standard InChI is InChI=1S/C28H25FN4O4/c1-3-5-21(35)26-19(12-13-31-26)28-32-25(27-20(16-34)30-14-15-33(27)28)17-8-10-18(11-9-17)37-23-7-4-6-22(36-2)24(23)29/h4,6-11,14-15,19,26,31,34H,12-13,16H2,1-2H3/t19-,26?/m1/s1. The molecule has 188 valence electrons. The van der Waals surface area contributed by atoms with Crippen molar-refractivity contribution in [2.45, 2.75) is 31.9 Å². The van der Waals surface area contributed by atoms with Crippen LogP contribution in [0.2, 0.25) is 0 Å². The molecule has 3 heterocycles. The number of rotatable bonds is 7. The summed E-state index contributed by atoms with van der Waals surface area (Å²) in [6.07, 6.45) is 4.11. The summed E-state index contributed by atoms with van der Waals surface area (Å²) in [4.78, 5) is 21.9. The SMILES string of the molecule is CC#CC(=O)C1NCC[C@H]1c1nc(-c2ccc(Oc3cccc(OC)c3F)cc2)c2c(CO)nccn12. The number of Topliss-reactive ketones (excluding diaryl/α,β-unsaturated/α-hetero) is 1. The molecule has 9 heteroatoms. The maximum atomic E-state index is 14.5. The topological polar surface area (TPSA) is 98.0 Å². The second-order valence-electron chi connectivity index (χ2n) is 8.53. The molecule has 1 aliphatic rings. The molecular weight excluding hydrogens is 475 g/mol. The molecule has 0 radical (unpaired) electrons. The van der Waals surface area contributed by atoms with Crippen LogP contribution in [-0.4, -0.2) is 45.0 Å². The van der Waals surface area contributed by atoms with Crippen LogP contribution in [0, 0.1) is 17.7 Å². The third kappa shape index (κ3) is 4.53. The number of hydrogen-bond donors (Lipinski definition) is 2. The maximum Gasteiger partial charge on any atom is 0.223 e. The van der Waals surface area contributed by atoms with Gasteiger partial charge in [-0.2, -0.15) is 4.39 Å². The lowest BCUT2D eigenvalue weighted by Crippen LogP contribution is -2.34. The molecule has 4 aromatic rings. The van der Waals surface area contributed by atoms with E-state index in [-0.39, 0.29) is 29.8 Å². The van der Waals surface area contributed by atoms with E-state index in [1.54, 1.807) is 37.5 Å².